The number of nitrogens with one attached hydrogen (secondary N) is 1. The lowest BCUT2D eigenvalue weighted by molar-refractivity contribution is -0.124. The molecule has 0 aliphatic carbocycles. The van der Waals surface area contributed by atoms with E-state index in [0.29, 0.717) is 29.1 Å². The van der Waals surface area contributed by atoms with E-state index < -0.39 is 6.10 Å². The number of piperidine rings is 1. The average Bonchev–Trinajstić information content (AvgIpc) is 2.83. The van der Waals surface area contributed by atoms with E-state index >= 15 is 0 Å². The Kier molecular flexibility index (Phi) is 7.07. The van der Waals surface area contributed by atoms with Crippen LogP contribution >= 0.6 is 11.6 Å². The maximum absolute atomic E-state index is 12.7. The molecule has 0 spiro atoms. The van der Waals surface area contributed by atoms with Gasteiger partial charge in [0, 0.05) is 37.6 Å². The van der Waals surface area contributed by atoms with Crippen LogP contribution in [0.15, 0.2) is 35.3 Å². The fraction of sp³-hybridized carbons (Fsp3) is 0.440. The number of ether oxygens (including phenoxy) is 1. The van der Waals surface area contributed by atoms with Crippen LogP contribution in [0.2, 0.25) is 5.02 Å². The van der Waals surface area contributed by atoms with E-state index in [9.17, 15) is 9.59 Å². The van der Waals surface area contributed by atoms with Crippen LogP contribution in [0.25, 0.3) is 10.9 Å². The lowest BCUT2D eigenvalue weighted by Crippen LogP contribution is -2.34. The van der Waals surface area contributed by atoms with Crippen LogP contribution in [0, 0.1) is 5.92 Å². The van der Waals surface area contributed by atoms with Gasteiger partial charge in [-0.2, -0.15) is 4.98 Å². The van der Waals surface area contributed by atoms with E-state index in [0.717, 1.165) is 42.5 Å². The molecule has 1 saturated heterocycles. The lowest BCUT2D eigenvalue weighted by atomic mass is 10.00. The number of fused-ring (bicyclic) bond motifs is 1. The topological polar surface area (TPSA) is 89.3 Å². The number of hydrogen-bond donors (Lipinski definition) is 1. The van der Waals surface area contributed by atoms with E-state index in [4.69, 9.17) is 16.3 Å². The predicted molar refractivity (Wildman–Crippen MR) is 136 cm³/mol. The molecule has 1 N–H and O–H groups in total. The zero-order valence-corrected chi connectivity index (χ0v) is 20.7. The lowest BCUT2D eigenvalue weighted by Gasteiger charge is -2.30. The Labute approximate surface area is 203 Å². The SMILES string of the molecule is CCC(=O)C(C)Oc1cc2cc(Nc3nc(N4CCC(C)CC4)ncc3Cl)ccc2n(C)c1=O. The highest BCUT2D eigenvalue weighted by Gasteiger charge is 2.20. The number of pyridine rings is 1. The van der Waals surface area contributed by atoms with Gasteiger partial charge in [0.05, 0.1) is 11.7 Å². The second-order valence-corrected chi connectivity index (χ2v) is 9.29. The molecule has 0 radical (unpaired) electrons. The summed E-state index contributed by atoms with van der Waals surface area (Å²) in [6.07, 6.45) is 3.51. The second kappa shape index (κ2) is 10.0. The van der Waals surface area contributed by atoms with Gasteiger partial charge in [0.1, 0.15) is 5.02 Å². The molecule has 9 heteroatoms. The van der Waals surface area contributed by atoms with Gasteiger partial charge >= 0.3 is 0 Å². The summed E-state index contributed by atoms with van der Waals surface area (Å²) in [6.45, 7) is 7.54. The Balaban J connectivity index is 1.63. The summed E-state index contributed by atoms with van der Waals surface area (Å²) in [5.74, 6) is 1.98. The van der Waals surface area contributed by atoms with Crippen molar-refractivity contribution in [2.24, 2.45) is 13.0 Å². The minimum atomic E-state index is -0.688. The molecule has 34 heavy (non-hydrogen) atoms. The van der Waals surface area contributed by atoms with E-state index in [1.54, 1.807) is 33.2 Å². The first kappa shape index (κ1) is 24.0. The van der Waals surface area contributed by atoms with Crippen molar-refractivity contribution in [3.63, 3.8) is 0 Å². The van der Waals surface area contributed by atoms with Crippen molar-refractivity contribution in [2.75, 3.05) is 23.3 Å². The predicted octanol–water partition coefficient (Wildman–Crippen LogP) is 4.71. The van der Waals surface area contributed by atoms with E-state index in [1.807, 2.05) is 18.2 Å². The smallest absolute Gasteiger partial charge is 0.293 e. The normalized spacial score (nSPS) is 15.4. The van der Waals surface area contributed by atoms with Crippen LogP contribution in [-0.4, -0.2) is 39.5 Å². The maximum atomic E-state index is 12.7. The minimum absolute atomic E-state index is 0.0602. The summed E-state index contributed by atoms with van der Waals surface area (Å²) in [4.78, 5) is 36.0. The van der Waals surface area contributed by atoms with Crippen LogP contribution in [0.3, 0.4) is 0 Å². The number of benzene rings is 1. The molecule has 8 nitrogen and oxygen atoms in total. The molecule has 1 aromatic carbocycles. The molecule has 0 saturated carbocycles. The second-order valence-electron chi connectivity index (χ2n) is 8.89. The van der Waals surface area contributed by atoms with Gasteiger partial charge in [-0.1, -0.05) is 25.4 Å². The van der Waals surface area contributed by atoms with Gasteiger partial charge in [0.2, 0.25) is 5.95 Å². The number of rotatable bonds is 7. The van der Waals surface area contributed by atoms with Gasteiger partial charge < -0.3 is 19.5 Å². The molecule has 180 valence electrons. The summed E-state index contributed by atoms with van der Waals surface area (Å²) in [7, 11) is 1.68. The third-order valence-electron chi connectivity index (χ3n) is 6.36. The van der Waals surface area contributed by atoms with Crippen LogP contribution in [-0.2, 0) is 11.8 Å². The molecule has 1 unspecified atom stereocenters. The van der Waals surface area contributed by atoms with Crippen molar-refractivity contribution in [3.8, 4) is 5.75 Å². The van der Waals surface area contributed by atoms with E-state index in [1.165, 1.54) is 4.57 Å². The highest BCUT2D eigenvalue weighted by atomic mass is 35.5. The Morgan fingerprint density at radius 1 is 1.29 bits per heavy atom. The van der Waals surface area contributed by atoms with Crippen molar-refractivity contribution >= 4 is 45.7 Å². The van der Waals surface area contributed by atoms with Gasteiger partial charge in [-0.3, -0.25) is 9.59 Å². The maximum Gasteiger partial charge on any atom is 0.293 e. The van der Waals surface area contributed by atoms with Crippen LogP contribution in [0.4, 0.5) is 17.5 Å². The number of anilines is 3. The van der Waals surface area contributed by atoms with E-state index in [-0.39, 0.29) is 17.1 Å². The fourth-order valence-corrected chi connectivity index (χ4v) is 4.24. The fourth-order valence-electron chi connectivity index (χ4n) is 4.10. The van der Waals surface area contributed by atoms with Crippen molar-refractivity contribution in [1.82, 2.24) is 14.5 Å². The quantitative estimate of drug-likeness (QED) is 0.520. The van der Waals surface area contributed by atoms with Crippen LogP contribution in [0.5, 0.6) is 5.75 Å². The number of nitrogens with zero attached hydrogens (tertiary/aromatic N) is 4. The molecule has 0 bridgehead atoms. The summed E-state index contributed by atoms with van der Waals surface area (Å²) in [5, 5.41) is 4.49. The minimum Gasteiger partial charge on any atom is -0.477 e. The first-order chi connectivity index (χ1) is 16.3. The summed E-state index contributed by atoms with van der Waals surface area (Å²) < 4.78 is 7.22. The van der Waals surface area contributed by atoms with Gasteiger partial charge in [-0.05, 0) is 49.9 Å². The van der Waals surface area contributed by atoms with Crippen molar-refractivity contribution in [1.29, 1.82) is 0 Å². The highest BCUT2D eigenvalue weighted by Crippen LogP contribution is 2.29. The van der Waals surface area contributed by atoms with Crippen molar-refractivity contribution < 1.29 is 9.53 Å². The number of aromatic nitrogens is 3. The summed E-state index contributed by atoms with van der Waals surface area (Å²) >= 11 is 6.39. The Hall–Kier alpha value is -3.13. The van der Waals surface area contributed by atoms with E-state index in [2.05, 4.69) is 27.1 Å². The first-order valence-electron chi connectivity index (χ1n) is 11.6. The van der Waals surface area contributed by atoms with Crippen LogP contribution < -0.4 is 20.5 Å². The summed E-state index contributed by atoms with van der Waals surface area (Å²) in [5.41, 5.74) is 1.21. The zero-order chi connectivity index (χ0) is 24.4. The Bertz CT molecular complexity index is 1270. The summed E-state index contributed by atoms with van der Waals surface area (Å²) in [6, 6.07) is 7.29. The molecule has 3 heterocycles. The van der Waals surface area contributed by atoms with Crippen molar-refractivity contribution in [2.45, 2.75) is 46.1 Å². The molecule has 1 aliphatic heterocycles. The monoisotopic (exact) mass is 483 g/mol. The number of aryl methyl sites for hydroxylation is 1. The third-order valence-corrected chi connectivity index (χ3v) is 6.63. The number of halogens is 1. The number of hydrogen-bond acceptors (Lipinski definition) is 7. The molecule has 1 atom stereocenters. The molecule has 4 rings (SSSR count). The highest BCUT2D eigenvalue weighted by molar-refractivity contribution is 6.32. The molecule has 2 aromatic heterocycles. The van der Waals surface area contributed by atoms with Gasteiger partial charge in [0.15, 0.2) is 23.5 Å². The molecule has 0 amide bonds. The molecular formula is C25H30ClN5O3. The Morgan fingerprint density at radius 2 is 2.03 bits per heavy atom. The standard InChI is InChI=1S/C25H30ClN5O3/c1-5-21(32)16(3)34-22-13-17-12-18(6-7-20(17)30(4)24(22)33)28-23-19(26)14-27-25(29-23)31-10-8-15(2)9-11-31/h6-7,12-16H,5,8-11H2,1-4H3,(H,27,28,29). The third kappa shape index (κ3) is 5.01. The average molecular weight is 484 g/mol. The number of Topliss-reactive ketones (excluding diaryl/α,β-unsaturated/α-hetero) is 1. The first-order valence-corrected chi connectivity index (χ1v) is 12.0. The van der Waals surface area contributed by atoms with Gasteiger partial charge in [0.25, 0.3) is 5.56 Å². The zero-order valence-electron chi connectivity index (χ0n) is 20.0. The molecule has 1 fully saturated rings. The largest absolute Gasteiger partial charge is 0.477 e. The molecule has 3 aromatic rings. The van der Waals surface area contributed by atoms with Gasteiger partial charge in [-0.15, -0.1) is 0 Å². The molecular weight excluding hydrogens is 454 g/mol. The number of carbonyl (C=O) groups excluding carboxylic acids is 1. The number of ketones is 1. The van der Waals surface area contributed by atoms with Crippen molar-refractivity contribution in [3.05, 3.63) is 45.8 Å². The van der Waals surface area contributed by atoms with Gasteiger partial charge in [-0.25, -0.2) is 4.98 Å². The number of carbonyl (C=O) groups is 1. The Morgan fingerprint density at radius 3 is 2.74 bits per heavy atom. The van der Waals surface area contributed by atoms with Crippen LogP contribution in [0.1, 0.15) is 40.0 Å². The molecule has 1 aliphatic rings.